The van der Waals surface area contributed by atoms with E-state index in [0.29, 0.717) is 16.6 Å². The Labute approximate surface area is 106 Å². The lowest BCUT2D eigenvalue weighted by atomic mass is 10.0. The molecule has 0 atom stereocenters. The topological polar surface area (TPSA) is 41.6 Å². The highest BCUT2D eigenvalue weighted by Crippen LogP contribution is 2.26. The molecule has 0 saturated carbocycles. The van der Waals surface area contributed by atoms with Gasteiger partial charge in [-0.1, -0.05) is 31.5 Å². The molecule has 17 heavy (non-hydrogen) atoms. The standard InChI is InChI=1S/C12H17ClN2O2/c1-8(2)9-5-6-11(10(13)7-9)14-12(16)15(3)17-4/h5-8H,1-4H3,(H,14,16). The van der Waals surface area contributed by atoms with E-state index in [-0.39, 0.29) is 6.03 Å². The van der Waals surface area contributed by atoms with Crippen LogP contribution in [0.4, 0.5) is 10.5 Å². The van der Waals surface area contributed by atoms with Gasteiger partial charge in [-0.15, -0.1) is 0 Å². The minimum atomic E-state index is -0.369. The maximum Gasteiger partial charge on any atom is 0.345 e. The maximum absolute atomic E-state index is 11.5. The summed E-state index contributed by atoms with van der Waals surface area (Å²) >= 11 is 6.09. The van der Waals surface area contributed by atoms with Crippen molar-refractivity contribution >= 4 is 23.3 Å². The van der Waals surface area contributed by atoms with E-state index in [1.54, 1.807) is 6.07 Å². The van der Waals surface area contributed by atoms with Gasteiger partial charge in [-0.25, -0.2) is 9.86 Å². The summed E-state index contributed by atoms with van der Waals surface area (Å²) in [5.74, 6) is 0.402. The molecule has 0 aliphatic heterocycles. The molecule has 5 heteroatoms. The molecule has 0 unspecified atom stereocenters. The van der Waals surface area contributed by atoms with E-state index in [1.165, 1.54) is 14.2 Å². The van der Waals surface area contributed by atoms with Crippen LogP contribution in [-0.2, 0) is 4.84 Å². The number of carbonyl (C=O) groups is 1. The minimum Gasteiger partial charge on any atom is -0.305 e. The van der Waals surface area contributed by atoms with Crippen LogP contribution in [0.15, 0.2) is 18.2 Å². The number of nitrogens with one attached hydrogen (secondary N) is 1. The SMILES string of the molecule is CON(C)C(=O)Nc1ccc(C(C)C)cc1Cl. The van der Waals surface area contributed by atoms with Crippen LogP contribution in [0, 0.1) is 0 Å². The fourth-order valence-electron chi connectivity index (χ4n) is 1.27. The Morgan fingerprint density at radius 2 is 2.12 bits per heavy atom. The third kappa shape index (κ3) is 3.61. The lowest BCUT2D eigenvalue weighted by Gasteiger charge is -2.16. The molecular weight excluding hydrogens is 240 g/mol. The summed E-state index contributed by atoms with van der Waals surface area (Å²) in [6.45, 7) is 4.17. The van der Waals surface area contributed by atoms with E-state index >= 15 is 0 Å². The Balaban J connectivity index is 2.83. The molecule has 0 bridgehead atoms. The molecule has 0 fully saturated rings. The van der Waals surface area contributed by atoms with Crippen LogP contribution in [0.2, 0.25) is 5.02 Å². The number of anilines is 1. The molecule has 0 radical (unpaired) electrons. The molecule has 4 nitrogen and oxygen atoms in total. The van der Waals surface area contributed by atoms with Gasteiger partial charge in [0, 0.05) is 7.05 Å². The van der Waals surface area contributed by atoms with Crippen molar-refractivity contribution in [3.63, 3.8) is 0 Å². The van der Waals surface area contributed by atoms with Gasteiger partial charge in [0.1, 0.15) is 0 Å². The highest BCUT2D eigenvalue weighted by Gasteiger charge is 2.11. The van der Waals surface area contributed by atoms with Crippen LogP contribution in [-0.4, -0.2) is 25.3 Å². The summed E-state index contributed by atoms with van der Waals surface area (Å²) < 4.78 is 0. The molecule has 2 amide bonds. The maximum atomic E-state index is 11.5. The monoisotopic (exact) mass is 256 g/mol. The number of hydrogen-bond donors (Lipinski definition) is 1. The van der Waals surface area contributed by atoms with E-state index in [9.17, 15) is 4.79 Å². The Morgan fingerprint density at radius 3 is 2.59 bits per heavy atom. The van der Waals surface area contributed by atoms with Crippen LogP contribution in [0.25, 0.3) is 0 Å². The number of hydrogen-bond acceptors (Lipinski definition) is 2. The van der Waals surface area contributed by atoms with E-state index in [4.69, 9.17) is 16.4 Å². The molecule has 0 aliphatic carbocycles. The smallest absolute Gasteiger partial charge is 0.305 e. The molecule has 0 heterocycles. The first-order valence-corrected chi connectivity index (χ1v) is 5.71. The van der Waals surface area contributed by atoms with Gasteiger partial charge in [0.25, 0.3) is 0 Å². The Hall–Kier alpha value is -1.26. The number of amides is 2. The molecule has 1 rings (SSSR count). The number of hydroxylamine groups is 2. The first-order valence-electron chi connectivity index (χ1n) is 5.34. The van der Waals surface area contributed by atoms with Crippen molar-refractivity contribution in [1.29, 1.82) is 0 Å². The molecule has 1 aromatic rings. The normalized spacial score (nSPS) is 10.5. The third-order valence-corrected chi connectivity index (χ3v) is 2.77. The van der Waals surface area contributed by atoms with Crippen molar-refractivity contribution < 1.29 is 9.63 Å². The molecule has 94 valence electrons. The zero-order valence-corrected chi connectivity index (χ0v) is 11.2. The molecule has 1 aromatic carbocycles. The predicted molar refractivity (Wildman–Crippen MR) is 69.3 cm³/mol. The first kappa shape index (κ1) is 13.8. The van der Waals surface area contributed by atoms with Crippen molar-refractivity contribution in [3.8, 4) is 0 Å². The van der Waals surface area contributed by atoms with E-state index in [2.05, 4.69) is 19.2 Å². The van der Waals surface area contributed by atoms with Gasteiger partial charge in [0.2, 0.25) is 0 Å². The fraction of sp³-hybridized carbons (Fsp3) is 0.417. The van der Waals surface area contributed by atoms with Crippen molar-refractivity contribution in [1.82, 2.24) is 5.06 Å². The van der Waals surface area contributed by atoms with Crippen LogP contribution < -0.4 is 5.32 Å². The second-order valence-electron chi connectivity index (χ2n) is 4.00. The molecule has 0 spiro atoms. The zero-order valence-electron chi connectivity index (χ0n) is 10.5. The minimum absolute atomic E-state index is 0.369. The number of rotatable bonds is 3. The van der Waals surface area contributed by atoms with E-state index < -0.39 is 0 Å². The van der Waals surface area contributed by atoms with Gasteiger partial charge in [0.05, 0.1) is 17.8 Å². The second kappa shape index (κ2) is 5.89. The number of carbonyl (C=O) groups excluding carboxylic acids is 1. The molecular formula is C12H17ClN2O2. The van der Waals surface area contributed by atoms with Gasteiger partial charge >= 0.3 is 6.03 Å². The van der Waals surface area contributed by atoms with Gasteiger partial charge in [-0.3, -0.25) is 4.84 Å². The fourth-order valence-corrected chi connectivity index (χ4v) is 1.50. The van der Waals surface area contributed by atoms with Crippen molar-refractivity contribution in [2.75, 3.05) is 19.5 Å². The average Bonchev–Trinajstić information content (AvgIpc) is 2.30. The summed E-state index contributed by atoms with van der Waals surface area (Å²) in [5.41, 5.74) is 1.71. The van der Waals surface area contributed by atoms with Gasteiger partial charge < -0.3 is 5.32 Å². The average molecular weight is 257 g/mol. The largest absolute Gasteiger partial charge is 0.345 e. The van der Waals surface area contributed by atoms with Crippen molar-refractivity contribution in [2.24, 2.45) is 0 Å². The molecule has 1 N–H and O–H groups in total. The quantitative estimate of drug-likeness (QED) is 0.841. The van der Waals surface area contributed by atoms with Gasteiger partial charge in [-0.05, 0) is 23.6 Å². The predicted octanol–water partition coefficient (Wildman–Crippen LogP) is 3.49. The highest BCUT2D eigenvalue weighted by molar-refractivity contribution is 6.33. The van der Waals surface area contributed by atoms with Crippen molar-refractivity contribution in [2.45, 2.75) is 19.8 Å². The number of nitrogens with zero attached hydrogens (tertiary/aromatic N) is 1. The third-order valence-electron chi connectivity index (χ3n) is 2.46. The summed E-state index contributed by atoms with van der Waals surface area (Å²) in [4.78, 5) is 16.3. The summed E-state index contributed by atoms with van der Waals surface area (Å²) in [7, 11) is 2.94. The summed E-state index contributed by atoms with van der Waals surface area (Å²) in [6.07, 6.45) is 0. The molecule has 0 saturated heterocycles. The van der Waals surface area contributed by atoms with E-state index in [0.717, 1.165) is 10.6 Å². The number of benzene rings is 1. The Bertz CT molecular complexity index is 407. The lowest BCUT2D eigenvalue weighted by Crippen LogP contribution is -2.30. The van der Waals surface area contributed by atoms with Crippen LogP contribution in [0.5, 0.6) is 0 Å². The summed E-state index contributed by atoms with van der Waals surface area (Å²) in [5, 5.41) is 4.27. The van der Waals surface area contributed by atoms with Gasteiger partial charge in [0.15, 0.2) is 0 Å². The first-order chi connectivity index (χ1) is 7.95. The second-order valence-corrected chi connectivity index (χ2v) is 4.41. The number of urea groups is 1. The molecule has 0 aromatic heterocycles. The number of halogens is 1. The zero-order chi connectivity index (χ0) is 13.0. The van der Waals surface area contributed by atoms with Crippen LogP contribution >= 0.6 is 11.6 Å². The van der Waals surface area contributed by atoms with Crippen LogP contribution in [0.3, 0.4) is 0 Å². The Kier molecular flexibility index (Phi) is 4.78. The Morgan fingerprint density at radius 1 is 1.47 bits per heavy atom. The van der Waals surface area contributed by atoms with Crippen molar-refractivity contribution in [3.05, 3.63) is 28.8 Å². The molecule has 0 aliphatic rings. The highest BCUT2D eigenvalue weighted by atomic mass is 35.5. The van der Waals surface area contributed by atoms with Gasteiger partial charge in [-0.2, -0.15) is 0 Å². The van der Waals surface area contributed by atoms with Crippen LogP contribution in [0.1, 0.15) is 25.3 Å². The lowest BCUT2D eigenvalue weighted by molar-refractivity contribution is -0.0598. The summed E-state index contributed by atoms with van der Waals surface area (Å²) in [6, 6.07) is 5.22. The van der Waals surface area contributed by atoms with E-state index in [1.807, 2.05) is 12.1 Å².